The first-order valence-electron chi connectivity index (χ1n) is 3.32. The van der Waals surface area contributed by atoms with Gasteiger partial charge in [-0.1, -0.05) is 0 Å². The number of nitrogen functional groups attached to an aromatic ring is 1. The van der Waals surface area contributed by atoms with Crippen molar-refractivity contribution in [2.75, 3.05) is 12.8 Å². The Balaban J connectivity index is 3.13. The predicted molar refractivity (Wildman–Crippen MR) is 46.0 cm³/mol. The molecule has 0 aliphatic rings. The molecule has 6 heteroatoms. The number of methoxy groups -OCH3 is 1. The van der Waals surface area contributed by atoms with Gasteiger partial charge in [0.25, 0.3) is 0 Å². The molecule has 1 aromatic heterocycles. The number of nitrogens with zero attached hydrogens (tertiary/aromatic N) is 2. The van der Waals surface area contributed by atoms with Crippen LogP contribution in [0.3, 0.4) is 0 Å². The van der Waals surface area contributed by atoms with Crippen molar-refractivity contribution in [2.45, 2.75) is 0 Å². The van der Waals surface area contributed by atoms with Crippen molar-refractivity contribution in [3.63, 3.8) is 0 Å². The molecular weight excluding hydrogens is 157 g/mol. The molecule has 0 saturated heterocycles. The van der Waals surface area contributed by atoms with E-state index in [1.807, 2.05) is 0 Å². The molecule has 1 aromatic rings. The lowest BCUT2D eigenvalue weighted by Gasteiger charge is -2.01. The minimum absolute atomic E-state index is 0.0671. The van der Waals surface area contributed by atoms with Crippen LogP contribution < -0.4 is 11.3 Å². The van der Waals surface area contributed by atoms with Gasteiger partial charge >= 0.3 is 5.97 Å². The molecule has 2 N–H and O–H groups in total. The third-order valence-corrected chi connectivity index (χ3v) is 1.30. The van der Waals surface area contributed by atoms with Crippen LogP contribution in [0.15, 0.2) is 6.20 Å². The van der Waals surface area contributed by atoms with Crippen molar-refractivity contribution in [1.29, 1.82) is 0 Å². The molecule has 0 atom stereocenters. The Morgan fingerprint density at radius 1 is 1.75 bits per heavy atom. The molecule has 1 heterocycles. The second-order valence-corrected chi connectivity index (χ2v) is 2.24. The van der Waals surface area contributed by atoms with Crippen LogP contribution in [0, 0.1) is 0 Å². The number of aromatic nitrogens is 2. The first-order chi connectivity index (χ1) is 5.65. The number of rotatable bonds is 1. The predicted octanol–water partition coefficient (Wildman–Crippen LogP) is -1.90. The van der Waals surface area contributed by atoms with E-state index in [1.165, 1.54) is 13.3 Å². The summed E-state index contributed by atoms with van der Waals surface area (Å²) in [6.07, 6.45) is 1.49. The van der Waals surface area contributed by atoms with Crippen LogP contribution >= 0.6 is 0 Å². The fourth-order valence-corrected chi connectivity index (χ4v) is 0.733. The Hall–Kier alpha value is -1.59. The minimum Gasteiger partial charge on any atom is -0.464 e. The number of carbonyl (C=O) groups is 1. The highest BCUT2D eigenvalue weighted by molar-refractivity contribution is 6.30. The monoisotopic (exact) mass is 165 g/mol. The van der Waals surface area contributed by atoms with E-state index in [0.717, 1.165) is 0 Å². The van der Waals surface area contributed by atoms with Crippen molar-refractivity contribution < 1.29 is 9.53 Å². The molecule has 0 aromatic carbocycles. The molecule has 0 bridgehead atoms. The summed E-state index contributed by atoms with van der Waals surface area (Å²) in [5, 5.41) is 0. The summed E-state index contributed by atoms with van der Waals surface area (Å²) in [6, 6.07) is 0. The summed E-state index contributed by atoms with van der Waals surface area (Å²) in [4.78, 5) is 18.6. The summed E-state index contributed by atoms with van der Waals surface area (Å²) in [6.45, 7) is 0. The molecule has 0 saturated carbocycles. The summed E-state index contributed by atoms with van der Waals surface area (Å²) in [5.41, 5.74) is 6.09. The second-order valence-electron chi connectivity index (χ2n) is 2.24. The lowest BCUT2D eigenvalue weighted by molar-refractivity contribution is 0.0595. The van der Waals surface area contributed by atoms with Crippen LogP contribution in [-0.4, -0.2) is 30.9 Å². The zero-order valence-electron chi connectivity index (χ0n) is 6.87. The van der Waals surface area contributed by atoms with E-state index in [-0.39, 0.29) is 11.5 Å². The summed E-state index contributed by atoms with van der Waals surface area (Å²) < 4.78 is 4.45. The molecule has 0 aliphatic heterocycles. The van der Waals surface area contributed by atoms with E-state index in [1.54, 1.807) is 7.85 Å². The Labute approximate surface area is 70.4 Å². The van der Waals surface area contributed by atoms with Gasteiger partial charge in [-0.3, -0.25) is 4.98 Å². The molecule has 0 fully saturated rings. The van der Waals surface area contributed by atoms with Gasteiger partial charge in [0.05, 0.1) is 7.11 Å². The summed E-state index contributed by atoms with van der Waals surface area (Å²) in [7, 11) is 2.99. The highest BCUT2D eigenvalue weighted by Crippen LogP contribution is 2.02. The molecule has 0 radical (unpaired) electrons. The van der Waals surface area contributed by atoms with Gasteiger partial charge in [-0.05, 0) is 0 Å². The Morgan fingerprint density at radius 2 is 2.42 bits per heavy atom. The van der Waals surface area contributed by atoms with Gasteiger partial charge < -0.3 is 10.5 Å². The van der Waals surface area contributed by atoms with E-state index >= 15 is 0 Å². The fraction of sp³-hybridized carbons (Fsp3) is 0.167. The molecule has 0 aliphatic carbocycles. The number of carbonyl (C=O) groups excluding carboxylic acids is 1. The van der Waals surface area contributed by atoms with E-state index in [9.17, 15) is 4.79 Å². The SMILES string of the molecule is Bc1cnc(N)c(C(=O)OC)n1. The maximum atomic E-state index is 11.0. The standard InChI is InChI=1S/C6H8BN3O2/c1-12-6(11)4-5(8)9-2-3(7)10-4/h2H,7H2,1H3,(H2,8,9). The third kappa shape index (κ3) is 1.53. The maximum Gasteiger partial charge on any atom is 0.360 e. The van der Waals surface area contributed by atoms with Crippen LogP contribution in [-0.2, 0) is 4.74 Å². The lowest BCUT2D eigenvalue weighted by Crippen LogP contribution is -2.18. The summed E-state index contributed by atoms with van der Waals surface area (Å²) in [5.74, 6) is -0.476. The van der Waals surface area contributed by atoms with Gasteiger partial charge in [-0.25, -0.2) is 9.78 Å². The molecule has 0 spiro atoms. The van der Waals surface area contributed by atoms with E-state index in [0.29, 0.717) is 5.59 Å². The number of hydrogen-bond donors (Lipinski definition) is 1. The topological polar surface area (TPSA) is 78.1 Å². The Morgan fingerprint density at radius 3 is 3.00 bits per heavy atom. The van der Waals surface area contributed by atoms with Crippen LogP contribution in [0.5, 0.6) is 0 Å². The normalized spacial score (nSPS) is 9.42. The molecule has 12 heavy (non-hydrogen) atoms. The van der Waals surface area contributed by atoms with Gasteiger partial charge in [0.15, 0.2) is 19.4 Å². The zero-order valence-corrected chi connectivity index (χ0v) is 6.87. The lowest BCUT2D eigenvalue weighted by atomic mass is 10.1. The molecule has 0 amide bonds. The van der Waals surface area contributed by atoms with E-state index in [4.69, 9.17) is 5.73 Å². The molecule has 5 nitrogen and oxygen atoms in total. The number of nitrogens with two attached hydrogens (primary N) is 1. The van der Waals surface area contributed by atoms with Crippen molar-refractivity contribution in [2.24, 2.45) is 0 Å². The van der Waals surface area contributed by atoms with E-state index in [2.05, 4.69) is 14.7 Å². The van der Waals surface area contributed by atoms with E-state index < -0.39 is 5.97 Å². The quantitative estimate of drug-likeness (QED) is 0.388. The molecule has 62 valence electrons. The van der Waals surface area contributed by atoms with Crippen LogP contribution in [0.1, 0.15) is 10.5 Å². The highest BCUT2D eigenvalue weighted by Gasteiger charge is 2.12. The second kappa shape index (κ2) is 3.21. The maximum absolute atomic E-state index is 11.0. The average Bonchev–Trinajstić information content (AvgIpc) is 2.08. The van der Waals surface area contributed by atoms with Crippen molar-refractivity contribution in [3.05, 3.63) is 11.9 Å². The van der Waals surface area contributed by atoms with Crippen LogP contribution in [0.4, 0.5) is 5.82 Å². The summed E-state index contributed by atoms with van der Waals surface area (Å²) >= 11 is 0. The number of ether oxygens (including phenoxy) is 1. The first-order valence-corrected chi connectivity index (χ1v) is 3.32. The number of hydrogen-bond acceptors (Lipinski definition) is 5. The van der Waals surface area contributed by atoms with Gasteiger partial charge in [-0.15, -0.1) is 0 Å². The van der Waals surface area contributed by atoms with Crippen molar-refractivity contribution >= 4 is 25.2 Å². The number of anilines is 1. The number of esters is 1. The zero-order chi connectivity index (χ0) is 9.14. The fourth-order valence-electron chi connectivity index (χ4n) is 0.733. The smallest absolute Gasteiger partial charge is 0.360 e. The van der Waals surface area contributed by atoms with Gasteiger partial charge in [-0.2, -0.15) is 0 Å². The van der Waals surface area contributed by atoms with Gasteiger partial charge in [0.1, 0.15) is 0 Å². The third-order valence-electron chi connectivity index (χ3n) is 1.30. The molecule has 1 rings (SSSR count). The van der Waals surface area contributed by atoms with Gasteiger partial charge in [0, 0.05) is 11.8 Å². The Bertz CT molecular complexity index is 316. The first kappa shape index (κ1) is 8.51. The molecule has 0 unspecified atom stereocenters. The minimum atomic E-state index is -0.566. The van der Waals surface area contributed by atoms with Crippen molar-refractivity contribution in [3.8, 4) is 0 Å². The van der Waals surface area contributed by atoms with Crippen LogP contribution in [0.25, 0.3) is 0 Å². The molecular formula is C6H8BN3O2. The van der Waals surface area contributed by atoms with Gasteiger partial charge in [0.2, 0.25) is 0 Å². The van der Waals surface area contributed by atoms with Crippen molar-refractivity contribution in [1.82, 2.24) is 9.97 Å². The Kier molecular flexibility index (Phi) is 2.28. The highest BCUT2D eigenvalue weighted by atomic mass is 16.5. The van der Waals surface area contributed by atoms with Crippen LogP contribution in [0.2, 0.25) is 0 Å². The average molecular weight is 165 g/mol. The largest absolute Gasteiger partial charge is 0.464 e.